The molecule has 2 N–H and O–H groups in total. The molecule has 4 aromatic rings. The fraction of sp³-hybridized carbons (Fsp3) is 0.130. The molecule has 0 unspecified atom stereocenters. The normalized spacial score (nSPS) is 11.9. The molecule has 4 nitrogen and oxygen atoms in total. The van der Waals surface area contributed by atoms with E-state index in [1.54, 1.807) is 0 Å². The minimum atomic E-state index is 0.145. The zero-order chi connectivity index (χ0) is 18.5. The first-order valence-electron chi connectivity index (χ1n) is 9.15. The van der Waals surface area contributed by atoms with Gasteiger partial charge in [-0.3, -0.25) is 0 Å². The second-order valence-electron chi connectivity index (χ2n) is 6.53. The molecule has 0 aliphatic carbocycles. The average molecular weight is 354 g/mol. The molecule has 3 aromatic carbocycles. The van der Waals surface area contributed by atoms with E-state index in [0.717, 1.165) is 16.7 Å². The van der Waals surface area contributed by atoms with Gasteiger partial charge in [0.15, 0.2) is 0 Å². The summed E-state index contributed by atoms with van der Waals surface area (Å²) < 4.78 is 0. The van der Waals surface area contributed by atoms with Gasteiger partial charge in [-0.2, -0.15) is 4.98 Å². The first-order chi connectivity index (χ1) is 13.3. The Balaban J connectivity index is 1.62. The number of anilines is 2. The fourth-order valence-corrected chi connectivity index (χ4v) is 3.07. The Morgan fingerprint density at radius 2 is 1.44 bits per heavy atom. The molecule has 0 aliphatic rings. The monoisotopic (exact) mass is 354 g/mol. The Morgan fingerprint density at radius 1 is 0.778 bits per heavy atom. The lowest BCUT2D eigenvalue weighted by Crippen LogP contribution is -2.11. The summed E-state index contributed by atoms with van der Waals surface area (Å²) in [5, 5.41) is 7.91. The second-order valence-corrected chi connectivity index (χ2v) is 6.53. The highest BCUT2D eigenvalue weighted by molar-refractivity contribution is 5.90. The summed E-state index contributed by atoms with van der Waals surface area (Å²) in [6.45, 7) is 2.83. The highest BCUT2D eigenvalue weighted by atomic mass is 15.1. The lowest BCUT2D eigenvalue weighted by molar-refractivity contribution is 0.875. The molecule has 0 fully saturated rings. The summed E-state index contributed by atoms with van der Waals surface area (Å²) in [7, 11) is 0. The maximum Gasteiger partial charge on any atom is 0.225 e. The van der Waals surface area contributed by atoms with Gasteiger partial charge >= 0.3 is 0 Å². The quantitative estimate of drug-likeness (QED) is 0.486. The third kappa shape index (κ3) is 4.06. The van der Waals surface area contributed by atoms with Crippen LogP contribution in [0.3, 0.4) is 0 Å². The molecule has 27 heavy (non-hydrogen) atoms. The van der Waals surface area contributed by atoms with Gasteiger partial charge in [-0.25, -0.2) is 4.98 Å². The van der Waals surface area contributed by atoms with Crippen molar-refractivity contribution in [3.8, 4) is 0 Å². The molecule has 1 aromatic heterocycles. The largest absolute Gasteiger partial charge is 0.363 e. The van der Waals surface area contributed by atoms with Crippen LogP contribution in [0.4, 0.5) is 11.8 Å². The van der Waals surface area contributed by atoms with E-state index in [9.17, 15) is 0 Å². The Labute approximate surface area is 159 Å². The summed E-state index contributed by atoms with van der Waals surface area (Å²) in [6.07, 6.45) is 0. The minimum absolute atomic E-state index is 0.145. The molecule has 0 spiro atoms. The molecule has 134 valence electrons. The van der Waals surface area contributed by atoms with Crippen LogP contribution in [0.15, 0.2) is 84.9 Å². The van der Waals surface area contributed by atoms with Gasteiger partial charge in [-0.15, -0.1) is 0 Å². The first kappa shape index (κ1) is 17.0. The number of hydrogen-bond donors (Lipinski definition) is 2. The molecular weight excluding hydrogens is 332 g/mol. The maximum absolute atomic E-state index is 4.75. The highest BCUT2D eigenvalue weighted by Crippen LogP contribution is 2.26. The van der Waals surface area contributed by atoms with E-state index in [0.29, 0.717) is 12.5 Å². The third-order valence-electron chi connectivity index (χ3n) is 4.55. The molecule has 1 atom stereocenters. The molecule has 4 heteroatoms. The van der Waals surface area contributed by atoms with E-state index >= 15 is 0 Å². The number of para-hydroxylation sites is 1. The summed E-state index contributed by atoms with van der Waals surface area (Å²) in [5.74, 6) is 1.47. The first-order valence-corrected chi connectivity index (χ1v) is 9.15. The summed E-state index contributed by atoms with van der Waals surface area (Å²) in [4.78, 5) is 9.42. The van der Waals surface area contributed by atoms with Gasteiger partial charge in [-0.1, -0.05) is 72.8 Å². The van der Waals surface area contributed by atoms with Crippen molar-refractivity contribution in [2.75, 3.05) is 10.6 Å². The fourth-order valence-electron chi connectivity index (χ4n) is 3.07. The number of fused-ring (bicyclic) bond motifs is 1. The summed E-state index contributed by atoms with van der Waals surface area (Å²) in [6, 6.07) is 28.9. The maximum atomic E-state index is 4.75. The molecule has 0 bridgehead atoms. The highest BCUT2D eigenvalue weighted by Gasteiger charge is 2.11. The Morgan fingerprint density at radius 3 is 2.22 bits per heavy atom. The van der Waals surface area contributed by atoms with Crippen molar-refractivity contribution in [2.45, 2.75) is 19.5 Å². The van der Waals surface area contributed by atoms with Crippen molar-refractivity contribution in [2.24, 2.45) is 0 Å². The number of nitrogens with one attached hydrogen (secondary N) is 2. The molecule has 0 amide bonds. The van der Waals surface area contributed by atoms with Gasteiger partial charge in [-0.05, 0) is 30.2 Å². The van der Waals surface area contributed by atoms with Crippen LogP contribution >= 0.6 is 0 Å². The molecule has 0 saturated heterocycles. The van der Waals surface area contributed by atoms with Gasteiger partial charge in [0.1, 0.15) is 5.82 Å². The van der Waals surface area contributed by atoms with Crippen molar-refractivity contribution in [1.29, 1.82) is 0 Å². The van der Waals surface area contributed by atoms with Gasteiger partial charge in [0.25, 0.3) is 0 Å². The van der Waals surface area contributed by atoms with Gasteiger partial charge in [0, 0.05) is 18.0 Å². The molecule has 0 saturated carbocycles. The second kappa shape index (κ2) is 7.87. The van der Waals surface area contributed by atoms with Crippen molar-refractivity contribution < 1.29 is 0 Å². The number of rotatable bonds is 6. The lowest BCUT2D eigenvalue weighted by Gasteiger charge is -2.17. The number of aromatic nitrogens is 2. The van der Waals surface area contributed by atoms with E-state index in [-0.39, 0.29) is 6.04 Å². The lowest BCUT2D eigenvalue weighted by atomic mass is 10.1. The van der Waals surface area contributed by atoms with E-state index < -0.39 is 0 Å². The number of benzene rings is 3. The molecule has 1 heterocycles. The average Bonchev–Trinajstić information content (AvgIpc) is 2.73. The van der Waals surface area contributed by atoms with Gasteiger partial charge in [0.2, 0.25) is 5.95 Å². The SMILES string of the molecule is C[C@H](Nc1nc(NCc2ccccc2)nc2ccccc12)c1ccccc1. The standard InChI is InChI=1S/C23H22N4/c1-17(19-12-6-3-7-13-19)25-22-20-14-8-9-15-21(20)26-23(27-22)24-16-18-10-4-2-5-11-18/h2-15,17H,16H2,1H3,(H2,24,25,26,27)/t17-/m0/s1. The number of hydrogen-bond acceptors (Lipinski definition) is 4. The van der Waals surface area contributed by atoms with Crippen molar-refractivity contribution >= 4 is 22.7 Å². The van der Waals surface area contributed by atoms with Crippen LogP contribution in [-0.4, -0.2) is 9.97 Å². The van der Waals surface area contributed by atoms with E-state index in [4.69, 9.17) is 4.98 Å². The van der Waals surface area contributed by atoms with Crippen LogP contribution in [0.1, 0.15) is 24.1 Å². The zero-order valence-electron chi connectivity index (χ0n) is 15.3. The van der Waals surface area contributed by atoms with Crippen LogP contribution in [0, 0.1) is 0 Å². The van der Waals surface area contributed by atoms with Crippen LogP contribution < -0.4 is 10.6 Å². The summed E-state index contributed by atoms with van der Waals surface area (Å²) >= 11 is 0. The molecular formula is C23H22N4. The predicted octanol–water partition coefficient (Wildman–Crippen LogP) is 5.42. The van der Waals surface area contributed by atoms with Crippen LogP contribution in [0.5, 0.6) is 0 Å². The van der Waals surface area contributed by atoms with Crippen molar-refractivity contribution in [3.63, 3.8) is 0 Å². The van der Waals surface area contributed by atoms with E-state index in [2.05, 4.69) is 65.0 Å². The van der Waals surface area contributed by atoms with Crippen molar-refractivity contribution in [3.05, 3.63) is 96.1 Å². The third-order valence-corrected chi connectivity index (χ3v) is 4.55. The Bertz CT molecular complexity index is 1020. The van der Waals surface area contributed by atoms with Crippen LogP contribution in [-0.2, 0) is 6.54 Å². The molecule has 4 rings (SSSR count). The summed E-state index contributed by atoms with van der Waals surface area (Å²) in [5.41, 5.74) is 3.34. The Kier molecular flexibility index (Phi) is 4.97. The Hall–Kier alpha value is -3.40. The van der Waals surface area contributed by atoms with Gasteiger partial charge in [0.05, 0.1) is 5.52 Å². The predicted molar refractivity (Wildman–Crippen MR) is 112 cm³/mol. The van der Waals surface area contributed by atoms with Crippen LogP contribution in [0.2, 0.25) is 0 Å². The number of nitrogens with zero attached hydrogens (tertiary/aromatic N) is 2. The van der Waals surface area contributed by atoms with Crippen molar-refractivity contribution in [1.82, 2.24) is 9.97 Å². The minimum Gasteiger partial charge on any atom is -0.363 e. The molecule has 0 aliphatic heterocycles. The smallest absolute Gasteiger partial charge is 0.225 e. The topological polar surface area (TPSA) is 49.8 Å². The zero-order valence-corrected chi connectivity index (χ0v) is 15.3. The van der Waals surface area contributed by atoms with Gasteiger partial charge < -0.3 is 10.6 Å². The molecule has 0 radical (unpaired) electrons. The van der Waals surface area contributed by atoms with Crippen LogP contribution in [0.25, 0.3) is 10.9 Å². The van der Waals surface area contributed by atoms with E-state index in [1.165, 1.54) is 11.1 Å². The van der Waals surface area contributed by atoms with E-state index in [1.807, 2.05) is 42.5 Å².